The zero-order valence-corrected chi connectivity index (χ0v) is 11.9. The van der Waals surface area contributed by atoms with Crippen molar-refractivity contribution in [2.75, 3.05) is 51.3 Å². The monoisotopic (exact) mass is 264 g/mol. The minimum atomic E-state index is 0.575. The second-order valence-corrected chi connectivity index (χ2v) is 5.18. The van der Waals surface area contributed by atoms with E-state index in [1.165, 1.54) is 0 Å². The van der Waals surface area contributed by atoms with Gasteiger partial charge < -0.3 is 15.4 Å². The van der Waals surface area contributed by atoms with Gasteiger partial charge in [-0.05, 0) is 24.6 Å². The van der Waals surface area contributed by atoms with Crippen molar-refractivity contribution in [2.45, 2.75) is 6.92 Å². The van der Waals surface area contributed by atoms with Gasteiger partial charge in [-0.1, -0.05) is 6.92 Å². The van der Waals surface area contributed by atoms with E-state index in [1.54, 1.807) is 13.3 Å². The number of hydrogen-bond acceptors (Lipinski definition) is 5. The standard InChI is InChI=1S/C14H24N4O/c1-12(9-15)11-17-5-7-18(8-6-17)14-4-3-13(19-2)10-16-14/h3-4,10,12H,5-9,11,15H2,1-2H3. The van der Waals surface area contributed by atoms with Gasteiger partial charge in [0.25, 0.3) is 0 Å². The van der Waals surface area contributed by atoms with E-state index >= 15 is 0 Å². The average molecular weight is 264 g/mol. The molecule has 1 saturated heterocycles. The highest BCUT2D eigenvalue weighted by Crippen LogP contribution is 2.17. The lowest BCUT2D eigenvalue weighted by molar-refractivity contribution is 0.227. The van der Waals surface area contributed by atoms with Crippen molar-refractivity contribution < 1.29 is 4.74 Å². The Hall–Kier alpha value is -1.33. The Morgan fingerprint density at radius 2 is 2.05 bits per heavy atom. The molecule has 1 unspecified atom stereocenters. The highest BCUT2D eigenvalue weighted by Gasteiger charge is 2.18. The number of hydrogen-bond donors (Lipinski definition) is 1. The van der Waals surface area contributed by atoms with E-state index in [2.05, 4.69) is 21.7 Å². The first kappa shape index (κ1) is 14.1. The molecule has 0 saturated carbocycles. The first-order valence-electron chi connectivity index (χ1n) is 6.90. The van der Waals surface area contributed by atoms with Crippen LogP contribution in [0.4, 0.5) is 5.82 Å². The van der Waals surface area contributed by atoms with Crippen LogP contribution in [0.1, 0.15) is 6.92 Å². The predicted octanol–water partition coefficient (Wildman–Crippen LogP) is 0.807. The number of nitrogens with two attached hydrogens (primary N) is 1. The fraction of sp³-hybridized carbons (Fsp3) is 0.643. The van der Waals surface area contributed by atoms with Gasteiger partial charge in [0.2, 0.25) is 0 Å². The van der Waals surface area contributed by atoms with E-state index < -0.39 is 0 Å². The number of pyridine rings is 1. The molecule has 0 spiro atoms. The minimum Gasteiger partial charge on any atom is -0.495 e. The van der Waals surface area contributed by atoms with Crippen LogP contribution in [0.2, 0.25) is 0 Å². The molecule has 1 aromatic rings. The molecule has 0 aliphatic carbocycles. The molecule has 106 valence electrons. The van der Waals surface area contributed by atoms with Crippen LogP contribution in [-0.4, -0.2) is 56.3 Å². The Morgan fingerprint density at radius 1 is 1.32 bits per heavy atom. The van der Waals surface area contributed by atoms with Gasteiger partial charge in [0.15, 0.2) is 0 Å². The molecule has 2 N–H and O–H groups in total. The number of aromatic nitrogens is 1. The van der Waals surface area contributed by atoms with Gasteiger partial charge in [0.05, 0.1) is 13.3 Å². The molecule has 0 amide bonds. The SMILES string of the molecule is COc1ccc(N2CCN(CC(C)CN)CC2)nc1. The summed E-state index contributed by atoms with van der Waals surface area (Å²) in [6.45, 7) is 8.28. The van der Waals surface area contributed by atoms with Crippen LogP contribution in [0.5, 0.6) is 5.75 Å². The largest absolute Gasteiger partial charge is 0.495 e. The molecule has 0 bridgehead atoms. The summed E-state index contributed by atoms with van der Waals surface area (Å²) in [7, 11) is 1.66. The normalized spacial score (nSPS) is 18.4. The smallest absolute Gasteiger partial charge is 0.137 e. The molecular weight excluding hydrogens is 240 g/mol. The van der Waals surface area contributed by atoms with Crippen molar-refractivity contribution in [3.8, 4) is 5.75 Å². The summed E-state index contributed by atoms with van der Waals surface area (Å²) in [4.78, 5) is 9.24. The van der Waals surface area contributed by atoms with Gasteiger partial charge in [-0.2, -0.15) is 0 Å². The maximum atomic E-state index is 5.68. The molecule has 5 heteroatoms. The summed E-state index contributed by atoms with van der Waals surface area (Å²) in [6.07, 6.45) is 1.78. The number of nitrogens with zero attached hydrogens (tertiary/aromatic N) is 3. The van der Waals surface area contributed by atoms with Gasteiger partial charge in [-0.15, -0.1) is 0 Å². The average Bonchev–Trinajstić information content (AvgIpc) is 2.48. The summed E-state index contributed by atoms with van der Waals surface area (Å²) in [6, 6.07) is 3.99. The van der Waals surface area contributed by atoms with E-state index in [0.717, 1.165) is 50.8 Å². The fourth-order valence-corrected chi connectivity index (χ4v) is 2.36. The predicted molar refractivity (Wildman–Crippen MR) is 77.7 cm³/mol. The van der Waals surface area contributed by atoms with Crippen molar-refractivity contribution in [1.82, 2.24) is 9.88 Å². The van der Waals surface area contributed by atoms with Crippen LogP contribution in [0.15, 0.2) is 18.3 Å². The van der Waals surface area contributed by atoms with Gasteiger partial charge in [0.1, 0.15) is 11.6 Å². The van der Waals surface area contributed by atoms with Crippen molar-refractivity contribution in [2.24, 2.45) is 11.7 Å². The first-order valence-corrected chi connectivity index (χ1v) is 6.90. The van der Waals surface area contributed by atoms with E-state index in [1.807, 2.05) is 12.1 Å². The minimum absolute atomic E-state index is 0.575. The molecule has 1 fully saturated rings. The van der Waals surface area contributed by atoms with Crippen molar-refractivity contribution in [1.29, 1.82) is 0 Å². The zero-order chi connectivity index (χ0) is 13.7. The zero-order valence-electron chi connectivity index (χ0n) is 11.9. The highest BCUT2D eigenvalue weighted by atomic mass is 16.5. The maximum absolute atomic E-state index is 5.68. The molecule has 1 aliphatic heterocycles. The summed E-state index contributed by atoms with van der Waals surface area (Å²) < 4.78 is 5.13. The van der Waals surface area contributed by atoms with Gasteiger partial charge in [-0.3, -0.25) is 4.90 Å². The van der Waals surface area contributed by atoms with Crippen molar-refractivity contribution in [3.05, 3.63) is 18.3 Å². The number of piperazine rings is 1. The second-order valence-electron chi connectivity index (χ2n) is 5.18. The molecule has 1 aromatic heterocycles. The highest BCUT2D eigenvalue weighted by molar-refractivity contribution is 5.41. The molecule has 0 aromatic carbocycles. The van der Waals surface area contributed by atoms with Crippen LogP contribution in [0.25, 0.3) is 0 Å². The second kappa shape index (κ2) is 6.73. The van der Waals surface area contributed by atoms with Crippen molar-refractivity contribution in [3.63, 3.8) is 0 Å². The van der Waals surface area contributed by atoms with Gasteiger partial charge in [-0.25, -0.2) is 4.98 Å². The summed E-state index contributed by atoms with van der Waals surface area (Å²) >= 11 is 0. The number of anilines is 1. The number of rotatable bonds is 5. The third-order valence-electron chi connectivity index (χ3n) is 3.62. The van der Waals surface area contributed by atoms with Crippen molar-refractivity contribution >= 4 is 5.82 Å². The molecule has 0 radical (unpaired) electrons. The Bertz CT molecular complexity index is 374. The van der Waals surface area contributed by atoms with Crippen LogP contribution in [0.3, 0.4) is 0 Å². The van der Waals surface area contributed by atoms with E-state index in [-0.39, 0.29) is 0 Å². The van der Waals surface area contributed by atoms with E-state index in [4.69, 9.17) is 10.5 Å². The molecule has 2 heterocycles. The Balaban J connectivity index is 1.85. The number of methoxy groups -OCH3 is 1. The Kier molecular flexibility index (Phi) is 4.99. The summed E-state index contributed by atoms with van der Waals surface area (Å²) in [5.41, 5.74) is 5.68. The van der Waals surface area contributed by atoms with Crippen LogP contribution < -0.4 is 15.4 Å². The lowest BCUT2D eigenvalue weighted by atomic mass is 10.1. The van der Waals surface area contributed by atoms with Gasteiger partial charge >= 0.3 is 0 Å². The van der Waals surface area contributed by atoms with E-state index in [0.29, 0.717) is 5.92 Å². The summed E-state index contributed by atoms with van der Waals surface area (Å²) in [5, 5.41) is 0. The maximum Gasteiger partial charge on any atom is 0.137 e. The quantitative estimate of drug-likeness (QED) is 0.853. The Morgan fingerprint density at radius 3 is 2.58 bits per heavy atom. The van der Waals surface area contributed by atoms with Crippen LogP contribution in [-0.2, 0) is 0 Å². The third-order valence-corrected chi connectivity index (χ3v) is 3.62. The Labute approximate surface area is 115 Å². The molecular formula is C14H24N4O. The molecule has 1 atom stereocenters. The van der Waals surface area contributed by atoms with E-state index in [9.17, 15) is 0 Å². The van der Waals surface area contributed by atoms with Gasteiger partial charge in [0, 0.05) is 32.7 Å². The summed E-state index contributed by atoms with van der Waals surface area (Å²) in [5.74, 6) is 2.41. The lowest BCUT2D eigenvalue weighted by Crippen LogP contribution is -2.48. The van der Waals surface area contributed by atoms with Crippen LogP contribution in [0, 0.1) is 5.92 Å². The lowest BCUT2D eigenvalue weighted by Gasteiger charge is -2.36. The third kappa shape index (κ3) is 3.81. The molecule has 5 nitrogen and oxygen atoms in total. The molecule has 19 heavy (non-hydrogen) atoms. The molecule has 2 rings (SSSR count). The fourth-order valence-electron chi connectivity index (χ4n) is 2.36. The molecule has 1 aliphatic rings. The topological polar surface area (TPSA) is 54.6 Å². The van der Waals surface area contributed by atoms with Crippen LogP contribution >= 0.6 is 0 Å². The number of ether oxygens (including phenoxy) is 1. The first-order chi connectivity index (χ1) is 9.22.